The predicted molar refractivity (Wildman–Crippen MR) is 79.3 cm³/mol. The first-order valence-corrected chi connectivity index (χ1v) is 7.62. The van der Waals surface area contributed by atoms with Crippen molar-refractivity contribution in [2.45, 2.75) is 37.2 Å². The Kier molecular flexibility index (Phi) is 4.61. The molecular formula is C14H20N4S. The van der Waals surface area contributed by atoms with Gasteiger partial charge in [0, 0.05) is 23.4 Å². The summed E-state index contributed by atoms with van der Waals surface area (Å²) in [5.74, 6) is 0.941. The molecule has 1 aromatic heterocycles. The average molecular weight is 276 g/mol. The molecule has 2 aromatic rings. The van der Waals surface area contributed by atoms with E-state index in [9.17, 15) is 0 Å². The first-order valence-electron chi connectivity index (χ1n) is 6.39. The van der Waals surface area contributed by atoms with Crippen LogP contribution in [-0.4, -0.2) is 21.0 Å². The Balaban J connectivity index is 2.11. The zero-order valence-corrected chi connectivity index (χ0v) is 12.4. The zero-order valence-electron chi connectivity index (χ0n) is 11.6. The molecule has 102 valence electrons. The van der Waals surface area contributed by atoms with E-state index in [1.54, 1.807) is 18.1 Å². The summed E-state index contributed by atoms with van der Waals surface area (Å²) in [5, 5.41) is 4.24. The molecule has 4 nitrogen and oxygen atoms in total. The van der Waals surface area contributed by atoms with Crippen LogP contribution in [0.3, 0.4) is 0 Å². The summed E-state index contributed by atoms with van der Waals surface area (Å²) in [7, 11) is 0. The molecule has 0 aliphatic carbocycles. The molecule has 1 atom stereocenters. The van der Waals surface area contributed by atoms with Crippen LogP contribution in [-0.2, 0) is 6.42 Å². The van der Waals surface area contributed by atoms with E-state index in [-0.39, 0.29) is 6.04 Å². The molecule has 0 fully saturated rings. The van der Waals surface area contributed by atoms with Crippen LogP contribution in [0.2, 0.25) is 0 Å². The molecule has 0 saturated heterocycles. The van der Waals surface area contributed by atoms with Gasteiger partial charge < -0.3 is 5.73 Å². The average Bonchev–Trinajstić information content (AvgIpc) is 2.87. The topological polar surface area (TPSA) is 56.7 Å². The Hall–Kier alpha value is -1.33. The van der Waals surface area contributed by atoms with Gasteiger partial charge in [-0.1, -0.05) is 12.1 Å². The number of nitrogens with two attached hydrogens (primary N) is 1. The number of thioether (sulfide) groups is 1. The Morgan fingerprint density at radius 3 is 2.53 bits per heavy atom. The van der Waals surface area contributed by atoms with Gasteiger partial charge in [0.1, 0.15) is 12.2 Å². The monoisotopic (exact) mass is 276 g/mol. The second-order valence-corrected chi connectivity index (χ2v) is 5.68. The van der Waals surface area contributed by atoms with Crippen LogP contribution in [0.15, 0.2) is 35.5 Å². The molecular weight excluding hydrogens is 256 g/mol. The zero-order chi connectivity index (χ0) is 13.8. The van der Waals surface area contributed by atoms with Crippen LogP contribution in [0.25, 0.3) is 0 Å². The molecule has 0 aliphatic rings. The Labute approximate surface area is 118 Å². The maximum atomic E-state index is 6.26. The number of aromatic nitrogens is 3. The van der Waals surface area contributed by atoms with E-state index in [0.29, 0.717) is 12.5 Å². The summed E-state index contributed by atoms with van der Waals surface area (Å²) >= 11 is 1.73. The first-order chi connectivity index (χ1) is 9.11. The highest BCUT2D eigenvalue weighted by molar-refractivity contribution is 7.98. The van der Waals surface area contributed by atoms with Crippen molar-refractivity contribution < 1.29 is 0 Å². The maximum Gasteiger partial charge on any atom is 0.138 e. The molecule has 19 heavy (non-hydrogen) atoms. The Morgan fingerprint density at radius 2 is 1.95 bits per heavy atom. The third-order valence-electron chi connectivity index (χ3n) is 3.08. The van der Waals surface area contributed by atoms with E-state index in [2.05, 4.69) is 54.5 Å². The minimum Gasteiger partial charge on any atom is -0.324 e. The van der Waals surface area contributed by atoms with Gasteiger partial charge in [-0.25, -0.2) is 9.67 Å². The van der Waals surface area contributed by atoms with Gasteiger partial charge >= 0.3 is 0 Å². The smallest absolute Gasteiger partial charge is 0.138 e. The van der Waals surface area contributed by atoms with Crippen molar-refractivity contribution in [2.24, 2.45) is 5.73 Å². The molecule has 0 spiro atoms. The predicted octanol–water partition coefficient (Wildman–Crippen LogP) is 2.82. The fourth-order valence-corrected chi connectivity index (χ4v) is 2.43. The van der Waals surface area contributed by atoms with Crippen molar-refractivity contribution in [2.75, 3.05) is 6.26 Å². The minimum absolute atomic E-state index is 0.0439. The third kappa shape index (κ3) is 3.36. The molecule has 1 aromatic carbocycles. The number of hydrogen-bond donors (Lipinski definition) is 1. The van der Waals surface area contributed by atoms with Crippen LogP contribution in [0.1, 0.15) is 37.3 Å². The summed E-state index contributed by atoms with van der Waals surface area (Å²) in [4.78, 5) is 5.56. The summed E-state index contributed by atoms with van der Waals surface area (Å²) in [6.45, 7) is 4.19. The molecule has 2 rings (SSSR count). The fourth-order valence-electron chi connectivity index (χ4n) is 2.02. The van der Waals surface area contributed by atoms with Crippen LogP contribution in [0.5, 0.6) is 0 Å². The Bertz CT molecular complexity index is 518. The van der Waals surface area contributed by atoms with Crippen LogP contribution >= 0.6 is 11.8 Å². The lowest BCUT2D eigenvalue weighted by atomic mass is 10.0. The maximum absolute atomic E-state index is 6.26. The highest BCUT2D eigenvalue weighted by Crippen LogP contribution is 2.20. The molecule has 0 saturated carbocycles. The number of rotatable bonds is 5. The molecule has 0 aliphatic heterocycles. The van der Waals surface area contributed by atoms with Gasteiger partial charge in [0.15, 0.2) is 0 Å². The normalized spacial score (nSPS) is 12.9. The van der Waals surface area contributed by atoms with E-state index < -0.39 is 0 Å². The Morgan fingerprint density at radius 1 is 1.26 bits per heavy atom. The second-order valence-electron chi connectivity index (χ2n) is 4.80. The lowest BCUT2D eigenvalue weighted by molar-refractivity contribution is 0.493. The van der Waals surface area contributed by atoms with E-state index in [1.807, 2.05) is 4.68 Å². The van der Waals surface area contributed by atoms with Gasteiger partial charge in [-0.3, -0.25) is 0 Å². The SMILES string of the molecule is CSc1ccc(C(N)Cc2ncnn2C(C)C)cc1. The summed E-state index contributed by atoms with van der Waals surface area (Å²) in [5.41, 5.74) is 7.39. The molecule has 0 radical (unpaired) electrons. The number of nitrogens with zero attached hydrogens (tertiary/aromatic N) is 3. The summed E-state index contributed by atoms with van der Waals surface area (Å²) < 4.78 is 1.93. The highest BCUT2D eigenvalue weighted by atomic mass is 32.2. The fraction of sp³-hybridized carbons (Fsp3) is 0.429. The van der Waals surface area contributed by atoms with Gasteiger partial charge in [-0.2, -0.15) is 5.10 Å². The molecule has 5 heteroatoms. The second kappa shape index (κ2) is 6.21. The van der Waals surface area contributed by atoms with Crippen molar-refractivity contribution >= 4 is 11.8 Å². The van der Waals surface area contributed by atoms with Crippen LogP contribution in [0, 0.1) is 0 Å². The van der Waals surface area contributed by atoms with Crippen LogP contribution in [0.4, 0.5) is 0 Å². The van der Waals surface area contributed by atoms with Crippen molar-refractivity contribution in [3.63, 3.8) is 0 Å². The van der Waals surface area contributed by atoms with Crippen LogP contribution < -0.4 is 5.73 Å². The van der Waals surface area contributed by atoms with Gasteiger partial charge in [0.05, 0.1) is 0 Å². The van der Waals surface area contributed by atoms with Gasteiger partial charge in [0.2, 0.25) is 0 Å². The van der Waals surface area contributed by atoms with E-state index in [1.165, 1.54) is 4.90 Å². The standard InChI is InChI=1S/C14H20N4S/c1-10(2)18-14(16-9-17-18)8-13(15)11-4-6-12(19-3)7-5-11/h4-7,9-10,13H,8,15H2,1-3H3. The van der Waals surface area contributed by atoms with Crippen molar-refractivity contribution in [3.05, 3.63) is 42.0 Å². The lowest BCUT2D eigenvalue weighted by Gasteiger charge is -2.14. The largest absolute Gasteiger partial charge is 0.324 e. The molecule has 1 unspecified atom stereocenters. The minimum atomic E-state index is -0.0439. The molecule has 0 bridgehead atoms. The third-order valence-corrected chi connectivity index (χ3v) is 3.83. The van der Waals surface area contributed by atoms with Crippen molar-refractivity contribution in [1.82, 2.24) is 14.8 Å². The molecule has 1 heterocycles. The summed E-state index contributed by atoms with van der Waals surface area (Å²) in [6.07, 6.45) is 4.37. The highest BCUT2D eigenvalue weighted by Gasteiger charge is 2.13. The van der Waals surface area contributed by atoms with Crippen molar-refractivity contribution in [1.29, 1.82) is 0 Å². The lowest BCUT2D eigenvalue weighted by Crippen LogP contribution is -2.18. The van der Waals surface area contributed by atoms with Gasteiger partial charge in [-0.05, 0) is 37.8 Å². The van der Waals surface area contributed by atoms with Gasteiger partial charge in [0.25, 0.3) is 0 Å². The molecule has 0 amide bonds. The quantitative estimate of drug-likeness (QED) is 0.853. The molecule has 2 N–H and O–H groups in total. The van der Waals surface area contributed by atoms with Crippen molar-refractivity contribution in [3.8, 4) is 0 Å². The summed E-state index contributed by atoms with van der Waals surface area (Å²) in [6, 6.07) is 8.65. The van der Waals surface area contributed by atoms with E-state index in [0.717, 1.165) is 11.4 Å². The number of hydrogen-bond acceptors (Lipinski definition) is 4. The number of benzene rings is 1. The van der Waals surface area contributed by atoms with E-state index >= 15 is 0 Å². The van der Waals surface area contributed by atoms with E-state index in [4.69, 9.17) is 5.73 Å². The van der Waals surface area contributed by atoms with Gasteiger partial charge in [-0.15, -0.1) is 11.8 Å². The first kappa shape index (κ1) is 14.1.